The number of aromatic nitrogens is 1. The molecule has 3 rings (SSSR count). The van der Waals surface area contributed by atoms with Gasteiger partial charge in [-0.1, -0.05) is 23.9 Å². The summed E-state index contributed by atoms with van der Waals surface area (Å²) >= 11 is 1.83. The van der Waals surface area contributed by atoms with E-state index in [2.05, 4.69) is 48.4 Å². The van der Waals surface area contributed by atoms with E-state index in [1.54, 1.807) is 0 Å². The van der Waals surface area contributed by atoms with Crippen LogP contribution in [0.5, 0.6) is 0 Å². The average Bonchev–Trinajstić information content (AvgIpc) is 2.67. The highest BCUT2D eigenvalue weighted by Crippen LogP contribution is 2.50. The molecule has 0 radical (unpaired) electrons. The molecule has 86 valence electrons. The molecule has 1 aliphatic heterocycles. The molecule has 17 heavy (non-hydrogen) atoms. The van der Waals surface area contributed by atoms with Crippen molar-refractivity contribution >= 4 is 17.4 Å². The molecule has 0 bridgehead atoms. The molecule has 2 nitrogen and oxygen atoms in total. The van der Waals surface area contributed by atoms with E-state index in [1.807, 2.05) is 30.1 Å². The minimum atomic E-state index is -0.155. The van der Waals surface area contributed by atoms with Crippen LogP contribution >= 0.6 is 11.8 Å². The zero-order chi connectivity index (χ0) is 11.9. The zero-order valence-corrected chi connectivity index (χ0v) is 10.7. The van der Waals surface area contributed by atoms with Gasteiger partial charge in [0.1, 0.15) is 4.87 Å². The Balaban J connectivity index is 2.00. The lowest BCUT2D eigenvalue weighted by Gasteiger charge is -2.23. The summed E-state index contributed by atoms with van der Waals surface area (Å²) in [6.45, 7) is 4.29. The van der Waals surface area contributed by atoms with Crippen molar-refractivity contribution < 1.29 is 0 Å². The summed E-state index contributed by atoms with van der Waals surface area (Å²) in [5.41, 5.74) is 3.56. The van der Waals surface area contributed by atoms with Gasteiger partial charge < -0.3 is 5.32 Å². The molecule has 0 saturated heterocycles. The van der Waals surface area contributed by atoms with Gasteiger partial charge in [0.25, 0.3) is 0 Å². The van der Waals surface area contributed by atoms with Crippen LogP contribution in [0, 0.1) is 6.92 Å². The summed E-state index contributed by atoms with van der Waals surface area (Å²) in [7, 11) is 0. The Hall–Kier alpha value is -1.48. The Kier molecular flexibility index (Phi) is 2.37. The van der Waals surface area contributed by atoms with Crippen molar-refractivity contribution in [3.05, 3.63) is 53.9 Å². The number of nitrogens with zero attached hydrogens (tertiary/aromatic N) is 1. The molecule has 1 aromatic heterocycles. The maximum Gasteiger partial charge on any atom is 0.128 e. The number of aryl methyl sites for hydroxylation is 1. The quantitative estimate of drug-likeness (QED) is 0.823. The predicted molar refractivity (Wildman–Crippen MR) is 72.2 cm³/mol. The van der Waals surface area contributed by atoms with Crippen LogP contribution in [0.1, 0.15) is 18.2 Å². The van der Waals surface area contributed by atoms with Gasteiger partial charge in [-0.05, 0) is 43.7 Å². The van der Waals surface area contributed by atoms with Crippen LogP contribution in [-0.4, -0.2) is 4.98 Å². The lowest BCUT2D eigenvalue weighted by molar-refractivity contribution is 0.777. The Morgan fingerprint density at radius 2 is 2.12 bits per heavy atom. The van der Waals surface area contributed by atoms with Crippen molar-refractivity contribution in [3.63, 3.8) is 0 Å². The number of thioether (sulfide) groups is 1. The van der Waals surface area contributed by atoms with E-state index in [0.717, 1.165) is 5.69 Å². The second kappa shape index (κ2) is 3.77. The van der Waals surface area contributed by atoms with E-state index in [4.69, 9.17) is 0 Å². The van der Waals surface area contributed by atoms with Crippen LogP contribution in [0.4, 0.5) is 5.69 Å². The number of benzene rings is 1. The van der Waals surface area contributed by atoms with Gasteiger partial charge in [0.15, 0.2) is 0 Å². The van der Waals surface area contributed by atoms with Crippen molar-refractivity contribution in [1.29, 1.82) is 0 Å². The van der Waals surface area contributed by atoms with Gasteiger partial charge >= 0.3 is 0 Å². The summed E-state index contributed by atoms with van der Waals surface area (Å²) in [5.74, 6) is 0. The summed E-state index contributed by atoms with van der Waals surface area (Å²) in [4.78, 5) is 5.59. The number of nitrogens with one attached hydrogen (secondary N) is 1. The van der Waals surface area contributed by atoms with Crippen LogP contribution in [0.15, 0.2) is 47.5 Å². The highest BCUT2D eigenvalue weighted by molar-refractivity contribution is 8.00. The van der Waals surface area contributed by atoms with Crippen LogP contribution in [-0.2, 0) is 4.87 Å². The first-order chi connectivity index (χ1) is 8.17. The molecule has 0 fully saturated rings. The molecule has 1 N–H and O–H groups in total. The summed E-state index contributed by atoms with van der Waals surface area (Å²) in [6, 6.07) is 12.6. The number of fused-ring (bicyclic) bond motifs is 1. The summed E-state index contributed by atoms with van der Waals surface area (Å²) in [5, 5.41) is 3.57. The molecule has 0 spiro atoms. The van der Waals surface area contributed by atoms with Crippen molar-refractivity contribution in [3.8, 4) is 0 Å². The zero-order valence-electron chi connectivity index (χ0n) is 9.90. The van der Waals surface area contributed by atoms with Crippen molar-refractivity contribution in [2.75, 3.05) is 5.32 Å². The monoisotopic (exact) mass is 242 g/mol. The first-order valence-corrected chi connectivity index (χ1v) is 6.48. The second-order valence-electron chi connectivity index (χ2n) is 4.47. The highest BCUT2D eigenvalue weighted by atomic mass is 32.2. The minimum Gasteiger partial charge on any atom is -0.365 e. The highest BCUT2D eigenvalue weighted by Gasteiger charge is 2.35. The molecule has 3 heteroatoms. The van der Waals surface area contributed by atoms with Gasteiger partial charge in [0, 0.05) is 16.8 Å². The van der Waals surface area contributed by atoms with E-state index in [1.165, 1.54) is 16.1 Å². The van der Waals surface area contributed by atoms with E-state index in [0.29, 0.717) is 0 Å². The predicted octanol–water partition coefficient (Wildman–Crippen LogP) is 3.78. The molecule has 2 aromatic rings. The molecule has 0 saturated carbocycles. The van der Waals surface area contributed by atoms with E-state index >= 15 is 0 Å². The van der Waals surface area contributed by atoms with Gasteiger partial charge in [-0.3, -0.25) is 4.98 Å². The number of anilines is 1. The SMILES string of the molecule is Cc1ccc2c(c1)NC(C)(c1ccccn1)S2. The fourth-order valence-electron chi connectivity index (χ4n) is 2.09. The smallest absolute Gasteiger partial charge is 0.128 e. The fraction of sp³-hybridized carbons (Fsp3) is 0.214. The standard InChI is InChI=1S/C14H14N2S/c1-10-6-7-12-11(9-10)16-14(2,17-12)13-5-3-4-8-15-13/h3-9,16H,1-2H3. The Morgan fingerprint density at radius 3 is 2.88 bits per heavy atom. The first-order valence-electron chi connectivity index (χ1n) is 5.67. The molecule has 1 aromatic carbocycles. The number of hydrogen-bond donors (Lipinski definition) is 1. The third-order valence-electron chi connectivity index (χ3n) is 2.98. The second-order valence-corrected chi connectivity index (χ2v) is 5.94. The van der Waals surface area contributed by atoms with Gasteiger partial charge in [0.2, 0.25) is 0 Å². The maximum absolute atomic E-state index is 4.45. The third kappa shape index (κ3) is 1.80. The first kappa shape index (κ1) is 10.7. The van der Waals surface area contributed by atoms with Crippen molar-refractivity contribution in [2.24, 2.45) is 0 Å². The van der Waals surface area contributed by atoms with Gasteiger partial charge in [-0.25, -0.2) is 0 Å². The molecular weight excluding hydrogens is 228 g/mol. The van der Waals surface area contributed by atoms with Crippen LogP contribution in [0.2, 0.25) is 0 Å². The van der Waals surface area contributed by atoms with E-state index in [9.17, 15) is 0 Å². The van der Waals surface area contributed by atoms with E-state index < -0.39 is 0 Å². The average molecular weight is 242 g/mol. The van der Waals surface area contributed by atoms with Crippen LogP contribution in [0.25, 0.3) is 0 Å². The molecule has 0 aliphatic carbocycles. The normalized spacial score (nSPS) is 22.0. The van der Waals surface area contributed by atoms with Crippen LogP contribution in [0.3, 0.4) is 0 Å². The maximum atomic E-state index is 4.45. The van der Waals surface area contributed by atoms with Crippen molar-refractivity contribution in [1.82, 2.24) is 4.98 Å². The molecular formula is C14H14N2S. The summed E-state index contributed by atoms with van der Waals surface area (Å²) in [6.07, 6.45) is 1.84. The van der Waals surface area contributed by atoms with Gasteiger partial charge in [-0.2, -0.15) is 0 Å². The minimum absolute atomic E-state index is 0.155. The molecule has 0 amide bonds. The lowest BCUT2D eigenvalue weighted by atomic mass is 10.1. The fourth-order valence-corrected chi connectivity index (χ4v) is 3.28. The largest absolute Gasteiger partial charge is 0.365 e. The van der Waals surface area contributed by atoms with E-state index in [-0.39, 0.29) is 4.87 Å². The molecule has 1 atom stereocenters. The topological polar surface area (TPSA) is 24.9 Å². The lowest BCUT2D eigenvalue weighted by Crippen LogP contribution is -2.24. The molecule has 1 unspecified atom stereocenters. The Bertz CT molecular complexity index is 553. The number of rotatable bonds is 1. The molecule has 2 heterocycles. The number of hydrogen-bond acceptors (Lipinski definition) is 3. The Labute approximate surface area is 105 Å². The Morgan fingerprint density at radius 1 is 1.24 bits per heavy atom. The van der Waals surface area contributed by atoms with Crippen molar-refractivity contribution in [2.45, 2.75) is 23.6 Å². The third-order valence-corrected chi connectivity index (χ3v) is 4.27. The molecule has 1 aliphatic rings. The van der Waals surface area contributed by atoms with Crippen LogP contribution < -0.4 is 5.32 Å². The van der Waals surface area contributed by atoms with Gasteiger partial charge in [0.05, 0.1) is 5.69 Å². The summed E-state index contributed by atoms with van der Waals surface area (Å²) < 4.78 is 0. The van der Waals surface area contributed by atoms with Gasteiger partial charge in [-0.15, -0.1) is 0 Å². The number of pyridine rings is 1.